The van der Waals surface area contributed by atoms with Gasteiger partial charge in [-0.15, -0.1) is 0 Å². The number of aryl methyl sites for hydroxylation is 1. The molecule has 0 spiro atoms. The number of rotatable bonds is 6. The first-order chi connectivity index (χ1) is 9.76. The van der Waals surface area contributed by atoms with Crippen molar-refractivity contribution >= 4 is 0 Å². The van der Waals surface area contributed by atoms with Crippen molar-refractivity contribution in [3.05, 3.63) is 71.3 Å². The molecule has 0 amide bonds. The predicted octanol–water partition coefficient (Wildman–Crippen LogP) is 4.03. The molecule has 20 heavy (non-hydrogen) atoms. The normalized spacial score (nSPS) is 13.9. The largest absolute Gasteiger partial charge is 0.372 e. The van der Waals surface area contributed by atoms with Gasteiger partial charge in [0.15, 0.2) is 0 Å². The van der Waals surface area contributed by atoms with Gasteiger partial charge in [0.25, 0.3) is 0 Å². The highest BCUT2D eigenvalue weighted by Crippen LogP contribution is 2.30. The molecule has 2 atom stereocenters. The Morgan fingerprint density at radius 1 is 0.900 bits per heavy atom. The molecule has 2 N–H and O–H groups in total. The zero-order valence-electron chi connectivity index (χ0n) is 12.3. The molecule has 0 aliphatic carbocycles. The van der Waals surface area contributed by atoms with Gasteiger partial charge in [-0.3, -0.25) is 0 Å². The van der Waals surface area contributed by atoms with Gasteiger partial charge in [-0.1, -0.05) is 61.5 Å². The summed E-state index contributed by atoms with van der Waals surface area (Å²) >= 11 is 0. The molecule has 2 aromatic carbocycles. The van der Waals surface area contributed by atoms with E-state index in [9.17, 15) is 0 Å². The summed E-state index contributed by atoms with van der Waals surface area (Å²) in [6.07, 6.45) is 0.942. The van der Waals surface area contributed by atoms with Gasteiger partial charge in [-0.2, -0.15) is 0 Å². The smallest absolute Gasteiger partial charge is 0.102 e. The van der Waals surface area contributed by atoms with Gasteiger partial charge >= 0.3 is 0 Å². The molecule has 2 rings (SSSR count). The minimum absolute atomic E-state index is 0.103. The van der Waals surface area contributed by atoms with E-state index >= 15 is 0 Å². The van der Waals surface area contributed by atoms with Crippen LogP contribution in [-0.4, -0.2) is 6.61 Å². The first-order valence-electron chi connectivity index (χ1n) is 7.27. The van der Waals surface area contributed by atoms with E-state index in [0.717, 1.165) is 17.5 Å². The van der Waals surface area contributed by atoms with E-state index in [1.165, 1.54) is 5.56 Å². The predicted molar refractivity (Wildman–Crippen MR) is 83.6 cm³/mol. The second kappa shape index (κ2) is 7.22. The number of hydrogen-bond acceptors (Lipinski definition) is 2. The highest BCUT2D eigenvalue weighted by molar-refractivity contribution is 5.28. The highest BCUT2D eigenvalue weighted by atomic mass is 16.5. The van der Waals surface area contributed by atoms with E-state index in [2.05, 4.69) is 43.3 Å². The summed E-state index contributed by atoms with van der Waals surface area (Å²) in [5, 5.41) is 0. The highest BCUT2D eigenvalue weighted by Gasteiger charge is 2.21. The molecule has 0 bridgehead atoms. The molecule has 0 heterocycles. The van der Waals surface area contributed by atoms with Crippen LogP contribution in [0.25, 0.3) is 0 Å². The fourth-order valence-electron chi connectivity index (χ4n) is 2.38. The molecule has 2 heteroatoms. The molecule has 0 aromatic heterocycles. The average Bonchev–Trinajstić information content (AvgIpc) is 2.53. The first-order valence-corrected chi connectivity index (χ1v) is 7.27. The summed E-state index contributed by atoms with van der Waals surface area (Å²) in [6.45, 7) is 4.81. The third-order valence-corrected chi connectivity index (χ3v) is 3.57. The van der Waals surface area contributed by atoms with Gasteiger partial charge in [0.05, 0.1) is 6.04 Å². The van der Waals surface area contributed by atoms with Crippen LogP contribution in [0.1, 0.15) is 42.7 Å². The van der Waals surface area contributed by atoms with Crippen LogP contribution in [0.3, 0.4) is 0 Å². The minimum Gasteiger partial charge on any atom is -0.372 e. The molecule has 2 unspecified atom stereocenters. The van der Waals surface area contributed by atoms with Crippen molar-refractivity contribution in [2.45, 2.75) is 32.4 Å². The minimum atomic E-state index is -0.150. The van der Waals surface area contributed by atoms with E-state index in [0.29, 0.717) is 6.61 Å². The van der Waals surface area contributed by atoms with Crippen molar-refractivity contribution in [3.8, 4) is 0 Å². The van der Waals surface area contributed by atoms with Crippen LogP contribution in [0, 0.1) is 0 Å². The molecule has 0 aliphatic rings. The van der Waals surface area contributed by atoms with Crippen LogP contribution in [0.2, 0.25) is 0 Å². The molecular weight excluding hydrogens is 246 g/mol. The van der Waals surface area contributed by atoms with Gasteiger partial charge < -0.3 is 10.5 Å². The second-order valence-electron chi connectivity index (χ2n) is 4.91. The van der Waals surface area contributed by atoms with Crippen molar-refractivity contribution in [1.82, 2.24) is 0 Å². The zero-order chi connectivity index (χ0) is 14.4. The number of nitrogens with two attached hydrogens (primary N) is 1. The molecule has 0 saturated heterocycles. The standard InChI is InChI=1S/C18H23NO/c1-3-14-10-12-15(13-11-14)17(19)18(20-4-2)16-8-6-5-7-9-16/h5-13,17-18H,3-4,19H2,1-2H3. The van der Waals surface area contributed by atoms with Crippen LogP contribution in [0.15, 0.2) is 54.6 Å². The topological polar surface area (TPSA) is 35.2 Å². The fraction of sp³-hybridized carbons (Fsp3) is 0.333. The third kappa shape index (κ3) is 3.47. The van der Waals surface area contributed by atoms with Gasteiger partial charge in [0, 0.05) is 6.61 Å². The van der Waals surface area contributed by atoms with Crippen molar-refractivity contribution in [3.63, 3.8) is 0 Å². The van der Waals surface area contributed by atoms with Crippen molar-refractivity contribution < 1.29 is 4.74 Å². The Bertz CT molecular complexity index is 507. The lowest BCUT2D eigenvalue weighted by molar-refractivity contribution is 0.0429. The number of benzene rings is 2. The van der Waals surface area contributed by atoms with Crippen molar-refractivity contribution in [1.29, 1.82) is 0 Å². The lowest BCUT2D eigenvalue weighted by atomic mass is 9.95. The monoisotopic (exact) mass is 269 g/mol. The van der Waals surface area contributed by atoms with Gasteiger partial charge in [0.1, 0.15) is 6.10 Å². The Labute approximate surface area is 121 Å². The second-order valence-corrected chi connectivity index (χ2v) is 4.91. The lowest BCUT2D eigenvalue weighted by Gasteiger charge is -2.24. The third-order valence-electron chi connectivity index (χ3n) is 3.57. The van der Waals surface area contributed by atoms with Crippen molar-refractivity contribution in [2.75, 3.05) is 6.61 Å². The van der Waals surface area contributed by atoms with E-state index < -0.39 is 0 Å². The van der Waals surface area contributed by atoms with E-state index in [-0.39, 0.29) is 12.1 Å². The first kappa shape index (κ1) is 14.8. The molecule has 0 radical (unpaired) electrons. The number of hydrogen-bond donors (Lipinski definition) is 1. The average molecular weight is 269 g/mol. The van der Waals surface area contributed by atoms with E-state index in [1.807, 2.05) is 25.1 Å². The van der Waals surface area contributed by atoms with Crippen LogP contribution in [-0.2, 0) is 11.2 Å². The SMILES string of the molecule is CCOC(c1ccccc1)C(N)c1ccc(CC)cc1. The summed E-state index contributed by atoms with van der Waals surface area (Å²) < 4.78 is 5.88. The van der Waals surface area contributed by atoms with Gasteiger partial charge in [0.2, 0.25) is 0 Å². The van der Waals surface area contributed by atoms with Gasteiger partial charge in [-0.05, 0) is 30.0 Å². The van der Waals surface area contributed by atoms with Crippen LogP contribution in [0.5, 0.6) is 0 Å². The van der Waals surface area contributed by atoms with Crippen LogP contribution in [0.4, 0.5) is 0 Å². The maximum atomic E-state index is 6.42. The Hall–Kier alpha value is -1.64. The molecule has 0 saturated carbocycles. The lowest BCUT2D eigenvalue weighted by Crippen LogP contribution is -2.22. The molecule has 2 nitrogen and oxygen atoms in total. The Morgan fingerprint density at radius 2 is 1.55 bits per heavy atom. The Balaban J connectivity index is 2.24. The summed E-state index contributed by atoms with van der Waals surface area (Å²) in [5.41, 5.74) is 9.99. The van der Waals surface area contributed by atoms with Crippen LogP contribution >= 0.6 is 0 Å². The molecule has 106 valence electrons. The quantitative estimate of drug-likeness (QED) is 0.859. The Kier molecular flexibility index (Phi) is 5.33. The van der Waals surface area contributed by atoms with Crippen molar-refractivity contribution in [2.24, 2.45) is 5.73 Å². The summed E-state index contributed by atoms with van der Waals surface area (Å²) in [4.78, 5) is 0. The number of ether oxygens (including phenoxy) is 1. The summed E-state index contributed by atoms with van der Waals surface area (Å²) in [6, 6.07) is 18.5. The van der Waals surface area contributed by atoms with E-state index in [4.69, 9.17) is 10.5 Å². The molecule has 0 aliphatic heterocycles. The van der Waals surface area contributed by atoms with E-state index in [1.54, 1.807) is 0 Å². The Morgan fingerprint density at radius 3 is 2.10 bits per heavy atom. The van der Waals surface area contributed by atoms with Gasteiger partial charge in [-0.25, -0.2) is 0 Å². The molecule has 0 fully saturated rings. The maximum Gasteiger partial charge on any atom is 0.102 e. The summed E-state index contributed by atoms with van der Waals surface area (Å²) in [7, 11) is 0. The van der Waals surface area contributed by atoms with Crippen LogP contribution < -0.4 is 5.73 Å². The fourth-order valence-corrected chi connectivity index (χ4v) is 2.38. The molecular formula is C18H23NO. The zero-order valence-corrected chi connectivity index (χ0v) is 12.3. The summed E-state index contributed by atoms with van der Waals surface area (Å²) in [5.74, 6) is 0. The maximum absolute atomic E-state index is 6.42. The molecule has 2 aromatic rings.